The van der Waals surface area contributed by atoms with Crippen LogP contribution in [-0.2, 0) is 6.18 Å². The standard InChI is InChI=1S/C17H13F3N4O2/c1-26-14-7-11(6-13(9-14)24-5-4-21-10-24)16(25)23-12-2-3-22-15(8-12)17(18,19)20/h2-10H,1H3,(H,22,23,25). The first-order chi connectivity index (χ1) is 12.4. The number of halogens is 3. The van der Waals surface area contributed by atoms with Crippen LogP contribution >= 0.6 is 0 Å². The van der Waals surface area contributed by atoms with E-state index in [0.29, 0.717) is 11.4 Å². The molecule has 1 N–H and O–H groups in total. The van der Waals surface area contributed by atoms with Gasteiger partial charge in [-0.2, -0.15) is 13.2 Å². The lowest BCUT2D eigenvalue weighted by atomic mass is 10.1. The number of aromatic nitrogens is 3. The van der Waals surface area contributed by atoms with Crippen molar-refractivity contribution in [1.29, 1.82) is 0 Å². The van der Waals surface area contributed by atoms with Gasteiger partial charge in [-0.05, 0) is 24.3 Å². The van der Waals surface area contributed by atoms with Gasteiger partial charge in [-0.25, -0.2) is 4.98 Å². The van der Waals surface area contributed by atoms with Gasteiger partial charge < -0.3 is 14.6 Å². The van der Waals surface area contributed by atoms with Crippen LogP contribution in [0.4, 0.5) is 18.9 Å². The molecule has 3 aromatic rings. The average Bonchev–Trinajstić information content (AvgIpc) is 3.15. The van der Waals surface area contributed by atoms with E-state index in [9.17, 15) is 18.0 Å². The summed E-state index contributed by atoms with van der Waals surface area (Å²) in [6, 6.07) is 6.82. The van der Waals surface area contributed by atoms with Crippen molar-refractivity contribution < 1.29 is 22.7 Å². The summed E-state index contributed by atoms with van der Waals surface area (Å²) in [7, 11) is 1.45. The van der Waals surface area contributed by atoms with E-state index < -0.39 is 17.8 Å². The van der Waals surface area contributed by atoms with Gasteiger partial charge in [-0.1, -0.05) is 0 Å². The maximum absolute atomic E-state index is 12.7. The van der Waals surface area contributed by atoms with Crippen LogP contribution in [0.1, 0.15) is 16.1 Å². The number of carbonyl (C=O) groups excluding carboxylic acids is 1. The summed E-state index contributed by atoms with van der Waals surface area (Å²) in [4.78, 5) is 19.7. The Kier molecular flexibility index (Phi) is 4.61. The predicted molar refractivity (Wildman–Crippen MR) is 87.3 cm³/mol. The zero-order chi connectivity index (χ0) is 18.7. The molecule has 0 saturated carbocycles. The van der Waals surface area contributed by atoms with Crippen molar-refractivity contribution in [2.45, 2.75) is 6.18 Å². The zero-order valence-corrected chi connectivity index (χ0v) is 13.5. The maximum atomic E-state index is 12.7. The number of amides is 1. The summed E-state index contributed by atoms with van der Waals surface area (Å²) in [5.74, 6) is -0.156. The SMILES string of the molecule is COc1cc(C(=O)Nc2ccnc(C(F)(F)F)c2)cc(-n2ccnc2)c1. The fourth-order valence-electron chi connectivity index (χ4n) is 2.26. The average molecular weight is 362 g/mol. The Bertz CT molecular complexity index is 924. The molecule has 0 saturated heterocycles. The van der Waals surface area contributed by atoms with E-state index >= 15 is 0 Å². The first-order valence-electron chi connectivity index (χ1n) is 7.39. The molecule has 0 aliphatic rings. The lowest BCUT2D eigenvalue weighted by molar-refractivity contribution is -0.141. The summed E-state index contributed by atoms with van der Waals surface area (Å²) in [5, 5.41) is 2.44. The minimum atomic E-state index is -4.59. The van der Waals surface area contributed by atoms with Gasteiger partial charge in [0.15, 0.2) is 0 Å². The molecule has 6 nitrogen and oxygen atoms in total. The number of carbonyl (C=O) groups is 1. The normalized spacial score (nSPS) is 11.2. The van der Waals surface area contributed by atoms with Crippen molar-refractivity contribution >= 4 is 11.6 Å². The number of hydrogen-bond acceptors (Lipinski definition) is 4. The van der Waals surface area contributed by atoms with Gasteiger partial charge >= 0.3 is 6.18 Å². The molecular formula is C17H13F3N4O2. The summed E-state index contributed by atoms with van der Waals surface area (Å²) in [5.41, 5.74) is -0.250. The number of nitrogens with zero attached hydrogens (tertiary/aromatic N) is 3. The minimum Gasteiger partial charge on any atom is -0.497 e. The number of methoxy groups -OCH3 is 1. The van der Waals surface area contributed by atoms with Gasteiger partial charge in [0.25, 0.3) is 5.91 Å². The summed E-state index contributed by atoms with van der Waals surface area (Å²) < 4.78 is 45.1. The van der Waals surface area contributed by atoms with E-state index in [-0.39, 0.29) is 11.3 Å². The fourth-order valence-corrected chi connectivity index (χ4v) is 2.26. The zero-order valence-electron chi connectivity index (χ0n) is 13.5. The molecule has 0 bridgehead atoms. The second-order valence-electron chi connectivity index (χ2n) is 5.27. The third-order valence-corrected chi connectivity index (χ3v) is 3.50. The van der Waals surface area contributed by atoms with Crippen LogP contribution in [0.25, 0.3) is 5.69 Å². The summed E-state index contributed by atoms with van der Waals surface area (Å²) in [6.07, 6.45) is 1.21. The molecular weight excluding hydrogens is 349 g/mol. The minimum absolute atomic E-state index is 0.00988. The Morgan fingerprint density at radius 1 is 1.19 bits per heavy atom. The lowest BCUT2D eigenvalue weighted by Crippen LogP contribution is -2.14. The molecule has 3 rings (SSSR count). The van der Waals surface area contributed by atoms with Gasteiger partial charge in [-0.3, -0.25) is 9.78 Å². The highest BCUT2D eigenvalue weighted by Crippen LogP contribution is 2.29. The van der Waals surface area contributed by atoms with Crippen molar-refractivity contribution in [1.82, 2.24) is 14.5 Å². The smallest absolute Gasteiger partial charge is 0.433 e. The quantitative estimate of drug-likeness (QED) is 0.771. The van der Waals surface area contributed by atoms with Crippen LogP contribution in [-0.4, -0.2) is 27.6 Å². The maximum Gasteiger partial charge on any atom is 0.433 e. The predicted octanol–water partition coefficient (Wildman–Crippen LogP) is 3.55. The number of alkyl halides is 3. The molecule has 9 heteroatoms. The molecule has 0 radical (unpaired) electrons. The molecule has 1 amide bonds. The number of rotatable bonds is 4. The number of hydrogen-bond donors (Lipinski definition) is 1. The lowest BCUT2D eigenvalue weighted by Gasteiger charge is -2.11. The fraction of sp³-hybridized carbons (Fsp3) is 0.118. The third kappa shape index (κ3) is 3.82. The highest BCUT2D eigenvalue weighted by atomic mass is 19.4. The van der Waals surface area contributed by atoms with E-state index in [1.165, 1.54) is 19.2 Å². The number of nitrogens with one attached hydrogen (secondary N) is 1. The van der Waals surface area contributed by atoms with E-state index in [1.807, 2.05) is 0 Å². The van der Waals surface area contributed by atoms with E-state index in [1.54, 1.807) is 35.4 Å². The monoisotopic (exact) mass is 362 g/mol. The van der Waals surface area contributed by atoms with Gasteiger partial charge in [0.1, 0.15) is 11.4 Å². The summed E-state index contributed by atoms with van der Waals surface area (Å²) >= 11 is 0. The number of benzene rings is 1. The Morgan fingerprint density at radius 3 is 2.65 bits per heavy atom. The number of anilines is 1. The second kappa shape index (κ2) is 6.87. The van der Waals surface area contributed by atoms with Gasteiger partial charge in [0.2, 0.25) is 0 Å². The molecule has 134 valence electrons. The molecule has 1 aromatic carbocycles. The number of imidazole rings is 1. The third-order valence-electron chi connectivity index (χ3n) is 3.50. The molecule has 0 aliphatic carbocycles. The highest BCUT2D eigenvalue weighted by molar-refractivity contribution is 6.04. The van der Waals surface area contributed by atoms with Crippen LogP contribution in [0, 0.1) is 0 Å². The molecule has 2 aromatic heterocycles. The second-order valence-corrected chi connectivity index (χ2v) is 5.27. The molecule has 2 heterocycles. The Hall–Kier alpha value is -3.36. The molecule has 26 heavy (non-hydrogen) atoms. The Balaban J connectivity index is 1.89. The van der Waals surface area contributed by atoms with Crippen LogP contribution in [0.15, 0.2) is 55.2 Å². The van der Waals surface area contributed by atoms with Crippen LogP contribution in [0.5, 0.6) is 5.75 Å². The first-order valence-corrected chi connectivity index (χ1v) is 7.39. The largest absolute Gasteiger partial charge is 0.497 e. The van der Waals surface area contributed by atoms with Crippen molar-refractivity contribution in [2.24, 2.45) is 0 Å². The van der Waals surface area contributed by atoms with Gasteiger partial charge in [-0.15, -0.1) is 0 Å². The molecule has 0 fully saturated rings. The Labute approximate surface area is 146 Å². The van der Waals surface area contributed by atoms with E-state index in [2.05, 4.69) is 15.3 Å². The van der Waals surface area contributed by atoms with Gasteiger partial charge in [0, 0.05) is 35.9 Å². The van der Waals surface area contributed by atoms with Crippen LogP contribution in [0.3, 0.4) is 0 Å². The van der Waals surface area contributed by atoms with E-state index in [4.69, 9.17) is 4.74 Å². The van der Waals surface area contributed by atoms with Crippen molar-refractivity contribution in [2.75, 3.05) is 12.4 Å². The van der Waals surface area contributed by atoms with Crippen molar-refractivity contribution in [3.8, 4) is 11.4 Å². The van der Waals surface area contributed by atoms with Crippen molar-refractivity contribution in [3.05, 3.63) is 66.5 Å². The number of pyridine rings is 1. The Morgan fingerprint density at radius 2 is 2.00 bits per heavy atom. The van der Waals surface area contributed by atoms with Gasteiger partial charge in [0.05, 0.1) is 19.1 Å². The number of ether oxygens (including phenoxy) is 1. The highest BCUT2D eigenvalue weighted by Gasteiger charge is 2.32. The topological polar surface area (TPSA) is 69.0 Å². The molecule has 0 atom stereocenters. The van der Waals surface area contributed by atoms with Crippen molar-refractivity contribution in [3.63, 3.8) is 0 Å². The summed E-state index contributed by atoms with van der Waals surface area (Å²) in [6.45, 7) is 0. The molecule has 0 unspecified atom stereocenters. The molecule has 0 spiro atoms. The van der Waals surface area contributed by atoms with E-state index in [0.717, 1.165) is 12.3 Å². The van der Waals surface area contributed by atoms with Crippen LogP contribution < -0.4 is 10.1 Å². The first kappa shape index (κ1) is 17.5. The van der Waals surface area contributed by atoms with Crippen LogP contribution in [0.2, 0.25) is 0 Å². The molecule has 0 aliphatic heterocycles.